The zero-order valence-electron chi connectivity index (χ0n) is 9.08. The van der Waals surface area contributed by atoms with Crippen LogP contribution in [0.2, 0.25) is 0 Å². The monoisotopic (exact) mass is 200 g/mol. The molecule has 1 saturated heterocycles. The molecular weight excluding hydrogens is 180 g/mol. The number of amides is 2. The quantitative estimate of drug-likeness (QED) is 0.737. The van der Waals surface area contributed by atoms with Gasteiger partial charge in [0.05, 0.1) is 6.61 Å². The predicted octanol–water partition coefficient (Wildman–Crippen LogP) is 1.07. The average molecular weight is 200 g/mol. The molecule has 0 radical (unpaired) electrons. The number of hydrogen-bond acceptors (Lipinski definition) is 2. The van der Waals surface area contributed by atoms with Gasteiger partial charge in [0, 0.05) is 32.7 Å². The van der Waals surface area contributed by atoms with E-state index in [0.29, 0.717) is 5.92 Å². The number of nitrogens with one attached hydrogen (secondary N) is 1. The zero-order chi connectivity index (χ0) is 10.4. The first-order valence-electron chi connectivity index (χ1n) is 5.32. The SMILES string of the molecule is CCCN(CC1CCOC1)C(=O)NC. The first-order chi connectivity index (χ1) is 6.77. The van der Waals surface area contributed by atoms with Gasteiger partial charge in [-0.25, -0.2) is 4.79 Å². The summed E-state index contributed by atoms with van der Waals surface area (Å²) in [6, 6.07) is 0.0266. The van der Waals surface area contributed by atoms with Crippen molar-refractivity contribution in [2.45, 2.75) is 19.8 Å². The van der Waals surface area contributed by atoms with Crippen LogP contribution in [0.5, 0.6) is 0 Å². The molecule has 1 N–H and O–H groups in total. The number of carbonyl (C=O) groups excluding carboxylic acids is 1. The number of rotatable bonds is 4. The second-order valence-electron chi connectivity index (χ2n) is 3.73. The van der Waals surface area contributed by atoms with E-state index in [9.17, 15) is 4.79 Å². The first-order valence-corrected chi connectivity index (χ1v) is 5.32. The lowest BCUT2D eigenvalue weighted by Crippen LogP contribution is -2.41. The van der Waals surface area contributed by atoms with E-state index in [2.05, 4.69) is 12.2 Å². The van der Waals surface area contributed by atoms with Crippen LogP contribution in [0.1, 0.15) is 19.8 Å². The summed E-state index contributed by atoms with van der Waals surface area (Å²) >= 11 is 0. The Morgan fingerprint density at radius 3 is 2.93 bits per heavy atom. The van der Waals surface area contributed by atoms with Gasteiger partial charge < -0.3 is 15.0 Å². The molecule has 0 saturated carbocycles. The van der Waals surface area contributed by atoms with Crippen molar-refractivity contribution in [1.29, 1.82) is 0 Å². The van der Waals surface area contributed by atoms with Crippen molar-refractivity contribution >= 4 is 6.03 Å². The molecule has 4 nitrogen and oxygen atoms in total. The van der Waals surface area contributed by atoms with Crippen LogP contribution in [0.4, 0.5) is 4.79 Å². The first kappa shape index (κ1) is 11.3. The summed E-state index contributed by atoms with van der Waals surface area (Å²) in [5.74, 6) is 0.527. The molecule has 1 heterocycles. The average Bonchev–Trinajstić information content (AvgIpc) is 2.68. The highest BCUT2D eigenvalue weighted by atomic mass is 16.5. The molecule has 0 aromatic heterocycles. The highest BCUT2D eigenvalue weighted by Gasteiger charge is 2.21. The maximum Gasteiger partial charge on any atom is 0.317 e. The molecule has 4 heteroatoms. The Morgan fingerprint density at radius 2 is 2.43 bits per heavy atom. The number of nitrogens with zero attached hydrogens (tertiary/aromatic N) is 1. The van der Waals surface area contributed by atoms with E-state index in [1.807, 2.05) is 4.90 Å². The third-order valence-electron chi connectivity index (χ3n) is 2.50. The largest absolute Gasteiger partial charge is 0.381 e. The van der Waals surface area contributed by atoms with Gasteiger partial charge in [-0.2, -0.15) is 0 Å². The summed E-state index contributed by atoms with van der Waals surface area (Å²) < 4.78 is 5.29. The topological polar surface area (TPSA) is 41.6 Å². The molecule has 82 valence electrons. The molecule has 0 aromatic carbocycles. The summed E-state index contributed by atoms with van der Waals surface area (Å²) in [6.45, 7) is 5.39. The van der Waals surface area contributed by atoms with Crippen molar-refractivity contribution in [3.63, 3.8) is 0 Å². The fraction of sp³-hybridized carbons (Fsp3) is 0.900. The third-order valence-corrected chi connectivity index (χ3v) is 2.50. The molecule has 0 aromatic rings. The van der Waals surface area contributed by atoms with Gasteiger partial charge in [0.2, 0.25) is 0 Å². The Labute approximate surface area is 85.6 Å². The number of urea groups is 1. The summed E-state index contributed by atoms with van der Waals surface area (Å²) in [5, 5.41) is 2.67. The minimum absolute atomic E-state index is 0.0266. The minimum atomic E-state index is 0.0266. The molecule has 1 atom stereocenters. The smallest absolute Gasteiger partial charge is 0.317 e. The summed E-state index contributed by atoms with van der Waals surface area (Å²) in [4.78, 5) is 13.3. The van der Waals surface area contributed by atoms with Crippen LogP contribution in [-0.4, -0.2) is 44.3 Å². The van der Waals surface area contributed by atoms with Gasteiger partial charge in [-0.3, -0.25) is 0 Å². The van der Waals surface area contributed by atoms with Crippen LogP contribution in [0, 0.1) is 5.92 Å². The lowest BCUT2D eigenvalue weighted by molar-refractivity contribution is 0.165. The van der Waals surface area contributed by atoms with E-state index in [1.165, 1.54) is 0 Å². The van der Waals surface area contributed by atoms with Gasteiger partial charge in [0.25, 0.3) is 0 Å². The molecule has 1 rings (SSSR count). The van der Waals surface area contributed by atoms with Crippen LogP contribution >= 0.6 is 0 Å². The van der Waals surface area contributed by atoms with Gasteiger partial charge in [-0.1, -0.05) is 6.92 Å². The zero-order valence-corrected chi connectivity index (χ0v) is 9.08. The maximum atomic E-state index is 11.5. The Morgan fingerprint density at radius 1 is 1.64 bits per heavy atom. The lowest BCUT2D eigenvalue weighted by Gasteiger charge is -2.24. The number of hydrogen-bond donors (Lipinski definition) is 1. The molecular formula is C10H20N2O2. The van der Waals surface area contributed by atoms with Crippen LogP contribution in [0.25, 0.3) is 0 Å². The van der Waals surface area contributed by atoms with Gasteiger partial charge in [0.1, 0.15) is 0 Å². The molecule has 2 amide bonds. The van der Waals surface area contributed by atoms with Gasteiger partial charge in [-0.15, -0.1) is 0 Å². The molecule has 1 unspecified atom stereocenters. The lowest BCUT2D eigenvalue weighted by atomic mass is 10.1. The Hall–Kier alpha value is -0.770. The summed E-state index contributed by atoms with van der Waals surface area (Å²) in [7, 11) is 1.68. The molecule has 14 heavy (non-hydrogen) atoms. The van der Waals surface area contributed by atoms with Crippen molar-refractivity contribution in [3.8, 4) is 0 Å². The van der Waals surface area contributed by atoms with Gasteiger partial charge >= 0.3 is 6.03 Å². The van der Waals surface area contributed by atoms with E-state index in [0.717, 1.165) is 39.1 Å². The van der Waals surface area contributed by atoms with Gasteiger partial charge in [-0.05, 0) is 12.8 Å². The molecule has 1 fully saturated rings. The van der Waals surface area contributed by atoms with Crippen molar-refractivity contribution in [2.24, 2.45) is 5.92 Å². The number of ether oxygens (including phenoxy) is 1. The summed E-state index contributed by atoms with van der Waals surface area (Å²) in [6.07, 6.45) is 2.08. The molecule has 1 aliphatic rings. The van der Waals surface area contributed by atoms with E-state index in [-0.39, 0.29) is 6.03 Å². The van der Waals surface area contributed by atoms with Crippen molar-refractivity contribution in [2.75, 3.05) is 33.4 Å². The normalized spacial score (nSPS) is 20.9. The van der Waals surface area contributed by atoms with E-state index < -0.39 is 0 Å². The third kappa shape index (κ3) is 3.18. The van der Waals surface area contributed by atoms with Crippen LogP contribution in [0.3, 0.4) is 0 Å². The minimum Gasteiger partial charge on any atom is -0.381 e. The molecule has 0 bridgehead atoms. The Bertz CT molecular complexity index is 179. The van der Waals surface area contributed by atoms with E-state index in [1.54, 1.807) is 7.05 Å². The number of carbonyl (C=O) groups is 1. The van der Waals surface area contributed by atoms with E-state index in [4.69, 9.17) is 4.74 Å². The highest BCUT2D eigenvalue weighted by Crippen LogP contribution is 2.14. The second-order valence-corrected chi connectivity index (χ2v) is 3.73. The van der Waals surface area contributed by atoms with Crippen LogP contribution < -0.4 is 5.32 Å². The fourth-order valence-corrected chi connectivity index (χ4v) is 1.74. The van der Waals surface area contributed by atoms with Crippen molar-refractivity contribution < 1.29 is 9.53 Å². The molecule has 0 aliphatic carbocycles. The second kappa shape index (κ2) is 5.86. The Kier molecular flexibility index (Phi) is 4.73. The van der Waals surface area contributed by atoms with Gasteiger partial charge in [0.15, 0.2) is 0 Å². The fourth-order valence-electron chi connectivity index (χ4n) is 1.74. The van der Waals surface area contributed by atoms with Crippen LogP contribution in [-0.2, 0) is 4.74 Å². The van der Waals surface area contributed by atoms with E-state index >= 15 is 0 Å². The highest BCUT2D eigenvalue weighted by molar-refractivity contribution is 5.73. The molecule has 1 aliphatic heterocycles. The van der Waals surface area contributed by atoms with Crippen LogP contribution in [0.15, 0.2) is 0 Å². The summed E-state index contributed by atoms with van der Waals surface area (Å²) in [5.41, 5.74) is 0. The van der Waals surface area contributed by atoms with Crippen molar-refractivity contribution in [1.82, 2.24) is 10.2 Å². The maximum absolute atomic E-state index is 11.5. The molecule has 0 spiro atoms. The standard InChI is InChI=1S/C10H20N2O2/c1-3-5-12(10(13)11-2)7-9-4-6-14-8-9/h9H,3-8H2,1-2H3,(H,11,13). The Balaban J connectivity index is 2.37. The predicted molar refractivity (Wildman–Crippen MR) is 55.2 cm³/mol. The van der Waals surface area contributed by atoms with Crippen molar-refractivity contribution in [3.05, 3.63) is 0 Å².